The Kier molecular flexibility index (Phi) is 6.91. The summed E-state index contributed by atoms with van der Waals surface area (Å²) in [6, 6.07) is 28.3. The smallest absolute Gasteiger partial charge is 0.0426 e. The molecule has 0 N–H and O–H groups in total. The molecule has 3 rings (SSSR count). The van der Waals surface area contributed by atoms with Crippen molar-refractivity contribution in [3.63, 3.8) is 0 Å². The van der Waals surface area contributed by atoms with Crippen LogP contribution < -0.4 is 0 Å². The molecule has 0 unspecified atom stereocenters. The van der Waals surface area contributed by atoms with Gasteiger partial charge in [0.05, 0.1) is 0 Å². The zero-order valence-corrected chi connectivity index (χ0v) is 18.1. The Bertz CT molecular complexity index is 826. The van der Waals surface area contributed by atoms with Crippen molar-refractivity contribution in [1.29, 1.82) is 0 Å². The van der Waals surface area contributed by atoms with Crippen LogP contribution in [0.1, 0.15) is 62.3 Å². The van der Waals surface area contributed by atoms with Crippen molar-refractivity contribution < 1.29 is 0 Å². The summed E-state index contributed by atoms with van der Waals surface area (Å²) in [7, 11) is 0. The van der Waals surface area contributed by atoms with Crippen LogP contribution in [0, 0.1) is 5.92 Å². The van der Waals surface area contributed by atoms with Gasteiger partial charge in [0.1, 0.15) is 0 Å². The first kappa shape index (κ1) is 20.6. The number of benzene rings is 3. The minimum Gasteiger partial charge on any atom is -0.0801 e. The first-order valence-electron chi connectivity index (χ1n) is 10.4. The van der Waals surface area contributed by atoms with Gasteiger partial charge in [-0.3, -0.25) is 0 Å². The SMILES string of the molecule is CC(C)CCCCc1cc([S])ccc1C(C)(c1ccccc1)c1ccccc1. The molecule has 0 fully saturated rings. The summed E-state index contributed by atoms with van der Waals surface area (Å²) in [5, 5.41) is 0. The second kappa shape index (κ2) is 9.39. The maximum Gasteiger partial charge on any atom is 0.0426 e. The van der Waals surface area contributed by atoms with E-state index in [-0.39, 0.29) is 5.41 Å². The van der Waals surface area contributed by atoms with Gasteiger partial charge in [-0.2, -0.15) is 0 Å². The highest BCUT2D eigenvalue weighted by atomic mass is 32.1. The van der Waals surface area contributed by atoms with Crippen LogP contribution >= 0.6 is 12.6 Å². The lowest BCUT2D eigenvalue weighted by atomic mass is 9.69. The largest absolute Gasteiger partial charge is 0.0801 e. The van der Waals surface area contributed by atoms with Crippen LogP contribution in [0.25, 0.3) is 0 Å². The lowest BCUT2D eigenvalue weighted by molar-refractivity contribution is 0.536. The fourth-order valence-corrected chi connectivity index (χ4v) is 4.36. The molecule has 0 aliphatic carbocycles. The van der Waals surface area contributed by atoms with Crippen molar-refractivity contribution in [2.24, 2.45) is 5.92 Å². The van der Waals surface area contributed by atoms with Crippen molar-refractivity contribution in [3.05, 3.63) is 101 Å². The van der Waals surface area contributed by atoms with E-state index in [0.717, 1.165) is 17.2 Å². The Balaban J connectivity index is 2.06. The van der Waals surface area contributed by atoms with Gasteiger partial charge in [-0.25, -0.2) is 0 Å². The third-order valence-electron chi connectivity index (χ3n) is 5.80. The lowest BCUT2D eigenvalue weighted by Crippen LogP contribution is -2.27. The van der Waals surface area contributed by atoms with Gasteiger partial charge in [-0.1, -0.05) is 106 Å². The topological polar surface area (TPSA) is 0 Å². The van der Waals surface area contributed by atoms with Crippen molar-refractivity contribution >= 4 is 12.6 Å². The molecule has 0 amide bonds. The predicted molar refractivity (Wildman–Crippen MR) is 123 cm³/mol. The monoisotopic (exact) mass is 387 g/mol. The van der Waals surface area contributed by atoms with Crippen molar-refractivity contribution in [3.8, 4) is 0 Å². The first-order chi connectivity index (χ1) is 13.5. The van der Waals surface area contributed by atoms with Gasteiger partial charge < -0.3 is 0 Å². The number of rotatable bonds is 8. The summed E-state index contributed by atoms with van der Waals surface area (Å²) in [6.45, 7) is 6.96. The van der Waals surface area contributed by atoms with Gasteiger partial charge in [0.25, 0.3) is 0 Å². The Morgan fingerprint density at radius 1 is 0.786 bits per heavy atom. The van der Waals surface area contributed by atoms with E-state index in [0.29, 0.717) is 0 Å². The van der Waals surface area contributed by atoms with Crippen LogP contribution in [-0.4, -0.2) is 0 Å². The van der Waals surface area contributed by atoms with E-state index >= 15 is 0 Å². The molecule has 0 saturated carbocycles. The van der Waals surface area contributed by atoms with Gasteiger partial charge in [0, 0.05) is 10.3 Å². The maximum atomic E-state index is 5.54. The van der Waals surface area contributed by atoms with Gasteiger partial charge in [-0.15, -0.1) is 0 Å². The number of hydrogen-bond acceptors (Lipinski definition) is 0. The minimum absolute atomic E-state index is 0.196. The highest BCUT2D eigenvalue weighted by Gasteiger charge is 2.32. The molecule has 0 saturated heterocycles. The predicted octanol–water partition coefficient (Wildman–Crippen LogP) is 7.97. The van der Waals surface area contributed by atoms with Crippen molar-refractivity contribution in [1.82, 2.24) is 0 Å². The molecule has 0 atom stereocenters. The average molecular weight is 388 g/mol. The van der Waals surface area contributed by atoms with Crippen LogP contribution in [0.3, 0.4) is 0 Å². The average Bonchev–Trinajstić information content (AvgIpc) is 2.72. The third-order valence-corrected chi connectivity index (χ3v) is 6.05. The molecule has 1 heteroatoms. The zero-order valence-electron chi connectivity index (χ0n) is 17.3. The van der Waals surface area contributed by atoms with E-state index in [4.69, 9.17) is 12.6 Å². The second-order valence-electron chi connectivity index (χ2n) is 8.32. The highest BCUT2D eigenvalue weighted by Crippen LogP contribution is 2.41. The fourth-order valence-electron chi connectivity index (χ4n) is 4.15. The van der Waals surface area contributed by atoms with Crippen molar-refractivity contribution in [2.75, 3.05) is 0 Å². The minimum atomic E-state index is -0.196. The Morgan fingerprint density at radius 2 is 1.36 bits per heavy atom. The van der Waals surface area contributed by atoms with E-state index in [1.165, 1.54) is 41.5 Å². The number of hydrogen-bond donors (Lipinski definition) is 0. The molecular formula is C27H31S. The summed E-state index contributed by atoms with van der Waals surface area (Å²) < 4.78 is 0. The van der Waals surface area contributed by atoms with Crippen molar-refractivity contribution in [2.45, 2.75) is 56.8 Å². The van der Waals surface area contributed by atoms with Crippen LogP contribution in [0.5, 0.6) is 0 Å². The molecule has 0 nitrogen and oxygen atoms in total. The molecule has 28 heavy (non-hydrogen) atoms. The molecular weight excluding hydrogens is 356 g/mol. The first-order valence-corrected chi connectivity index (χ1v) is 10.8. The quantitative estimate of drug-likeness (QED) is 0.271. The molecule has 3 aromatic carbocycles. The molecule has 0 heterocycles. The van der Waals surface area contributed by atoms with E-state index < -0.39 is 0 Å². The zero-order chi connectivity index (χ0) is 20.0. The molecule has 3 aromatic rings. The normalized spacial score (nSPS) is 11.7. The fraction of sp³-hybridized carbons (Fsp3) is 0.333. The van der Waals surface area contributed by atoms with E-state index in [1.54, 1.807) is 0 Å². The second-order valence-corrected chi connectivity index (χ2v) is 8.79. The Morgan fingerprint density at radius 3 is 1.89 bits per heavy atom. The van der Waals surface area contributed by atoms with E-state index in [2.05, 4.69) is 99.6 Å². The lowest BCUT2D eigenvalue weighted by Gasteiger charge is -2.34. The summed E-state index contributed by atoms with van der Waals surface area (Å²) >= 11 is 5.54. The van der Waals surface area contributed by atoms with Crippen LogP contribution in [-0.2, 0) is 11.8 Å². The Labute approximate surface area is 176 Å². The highest BCUT2D eigenvalue weighted by molar-refractivity contribution is 7.80. The van der Waals surface area contributed by atoms with Crippen LogP contribution in [0.15, 0.2) is 83.8 Å². The molecule has 0 bridgehead atoms. The van der Waals surface area contributed by atoms with Crippen LogP contribution in [0.4, 0.5) is 0 Å². The Hall–Kier alpha value is -2.12. The summed E-state index contributed by atoms with van der Waals surface area (Å²) in [5.74, 6) is 0.767. The van der Waals surface area contributed by atoms with Crippen LogP contribution in [0.2, 0.25) is 0 Å². The molecule has 1 radical (unpaired) electrons. The molecule has 145 valence electrons. The number of unbranched alkanes of at least 4 members (excludes halogenated alkanes) is 1. The maximum absolute atomic E-state index is 5.54. The molecule has 0 aliphatic rings. The molecule has 0 aromatic heterocycles. The van der Waals surface area contributed by atoms with Gasteiger partial charge in [0.15, 0.2) is 0 Å². The molecule has 0 spiro atoms. The summed E-state index contributed by atoms with van der Waals surface area (Å²) in [4.78, 5) is 0.936. The summed E-state index contributed by atoms with van der Waals surface area (Å²) in [6.07, 6.45) is 4.86. The summed E-state index contributed by atoms with van der Waals surface area (Å²) in [5.41, 5.74) is 5.22. The molecule has 0 aliphatic heterocycles. The third kappa shape index (κ3) is 4.64. The van der Waals surface area contributed by atoms with Gasteiger partial charge >= 0.3 is 0 Å². The van der Waals surface area contributed by atoms with E-state index in [9.17, 15) is 0 Å². The van der Waals surface area contributed by atoms with Gasteiger partial charge in [0.2, 0.25) is 0 Å². The number of aryl methyl sites for hydroxylation is 1. The standard InChI is InChI=1S/C27H31S/c1-21(2)12-10-11-13-22-20-25(28)18-19-26(22)27(3,23-14-6-4-7-15-23)24-16-8-5-9-17-24/h4-9,14-21H,10-13H2,1-3H3. The van der Waals surface area contributed by atoms with E-state index in [1.807, 2.05) is 0 Å². The van der Waals surface area contributed by atoms with Gasteiger partial charge in [-0.05, 0) is 60.1 Å².